The molecule has 0 spiro atoms. The number of carbonyl (C=O) groups excluding carboxylic acids is 1. The number of hydrazine groups is 1. The molecule has 0 aliphatic carbocycles. The Bertz CT molecular complexity index is 402. The lowest BCUT2D eigenvalue weighted by atomic mass is 10.4. The van der Waals surface area contributed by atoms with Gasteiger partial charge in [-0.25, -0.2) is 5.84 Å². The Morgan fingerprint density at radius 3 is 2.94 bits per heavy atom. The summed E-state index contributed by atoms with van der Waals surface area (Å²) < 4.78 is 4.93. The van der Waals surface area contributed by atoms with E-state index >= 15 is 0 Å². The molecule has 92 valence electrons. The molecule has 0 atom stereocenters. The van der Waals surface area contributed by atoms with E-state index < -0.39 is 0 Å². The van der Waals surface area contributed by atoms with Gasteiger partial charge in [0.1, 0.15) is 0 Å². The molecule has 9 heteroatoms. The topological polar surface area (TPSA) is 118 Å². The van der Waals surface area contributed by atoms with E-state index in [1.54, 1.807) is 4.90 Å². The molecule has 17 heavy (non-hydrogen) atoms. The second-order valence-corrected chi connectivity index (χ2v) is 3.36. The van der Waals surface area contributed by atoms with Gasteiger partial charge in [-0.3, -0.25) is 10.2 Å². The summed E-state index contributed by atoms with van der Waals surface area (Å²) in [5.74, 6) is 5.72. The van der Waals surface area contributed by atoms with Crippen molar-refractivity contribution >= 4 is 17.8 Å². The molecule has 1 aromatic heterocycles. The second kappa shape index (κ2) is 4.78. The van der Waals surface area contributed by atoms with E-state index in [0.29, 0.717) is 19.0 Å². The molecule has 0 unspecified atom stereocenters. The van der Waals surface area contributed by atoms with Gasteiger partial charge in [0, 0.05) is 13.1 Å². The molecule has 0 bridgehead atoms. The highest BCUT2D eigenvalue weighted by Gasteiger charge is 2.20. The fourth-order valence-electron chi connectivity index (χ4n) is 1.45. The molecule has 0 saturated carbocycles. The Morgan fingerprint density at radius 1 is 1.47 bits per heavy atom. The van der Waals surface area contributed by atoms with Crippen LogP contribution in [0, 0.1) is 0 Å². The monoisotopic (exact) mass is 239 g/mol. The van der Waals surface area contributed by atoms with Crippen molar-refractivity contribution in [1.82, 2.24) is 20.3 Å². The predicted octanol–water partition coefficient (Wildman–Crippen LogP) is -1.90. The lowest BCUT2D eigenvalue weighted by Gasteiger charge is -2.26. The average molecular weight is 239 g/mol. The first-order valence-corrected chi connectivity index (χ1v) is 5.01. The standard InChI is InChI=1S/C8H13N7O2/c1-17-8-12-6(14-9)11-7(13-8)15-3-2-10-5(16)4-15/h2-4,9H2,1H3,(H,10,16)(H,11,12,13,14). The van der Waals surface area contributed by atoms with Crippen molar-refractivity contribution in [2.75, 3.05) is 37.1 Å². The van der Waals surface area contributed by atoms with Gasteiger partial charge in [0.2, 0.25) is 17.8 Å². The number of carbonyl (C=O) groups is 1. The van der Waals surface area contributed by atoms with Crippen molar-refractivity contribution in [2.24, 2.45) is 5.84 Å². The maximum absolute atomic E-state index is 11.3. The number of amides is 1. The molecule has 1 aromatic rings. The van der Waals surface area contributed by atoms with Crippen LogP contribution in [-0.4, -0.2) is 47.6 Å². The molecule has 1 saturated heterocycles. The highest BCUT2D eigenvalue weighted by molar-refractivity contribution is 5.81. The number of ether oxygens (including phenoxy) is 1. The number of anilines is 2. The fourth-order valence-corrected chi connectivity index (χ4v) is 1.45. The summed E-state index contributed by atoms with van der Waals surface area (Å²) in [7, 11) is 1.45. The number of nitrogens with two attached hydrogens (primary N) is 1. The maximum atomic E-state index is 11.3. The van der Waals surface area contributed by atoms with E-state index in [2.05, 4.69) is 25.7 Å². The first-order chi connectivity index (χ1) is 8.22. The number of hydrogen-bond donors (Lipinski definition) is 3. The second-order valence-electron chi connectivity index (χ2n) is 3.36. The zero-order valence-corrected chi connectivity index (χ0v) is 9.30. The van der Waals surface area contributed by atoms with Gasteiger partial charge in [0.05, 0.1) is 13.7 Å². The summed E-state index contributed by atoms with van der Waals surface area (Å²) in [5.41, 5.74) is 2.32. The molecule has 9 nitrogen and oxygen atoms in total. The third-order valence-electron chi connectivity index (χ3n) is 2.24. The van der Waals surface area contributed by atoms with Crippen LogP contribution in [0.2, 0.25) is 0 Å². The molecule has 1 aliphatic rings. The number of methoxy groups -OCH3 is 1. The van der Waals surface area contributed by atoms with E-state index in [4.69, 9.17) is 10.6 Å². The molecule has 2 rings (SSSR count). The molecule has 1 fully saturated rings. The first-order valence-electron chi connectivity index (χ1n) is 5.01. The minimum absolute atomic E-state index is 0.0714. The molecule has 2 heterocycles. The summed E-state index contributed by atoms with van der Waals surface area (Å²) in [6.45, 7) is 1.39. The van der Waals surface area contributed by atoms with E-state index in [1.165, 1.54) is 7.11 Å². The largest absolute Gasteiger partial charge is 0.467 e. The molecule has 0 aromatic carbocycles. The van der Waals surface area contributed by atoms with E-state index in [0.717, 1.165) is 0 Å². The van der Waals surface area contributed by atoms with Gasteiger partial charge in [-0.2, -0.15) is 15.0 Å². The number of nitrogens with one attached hydrogen (secondary N) is 2. The molecular formula is C8H13N7O2. The van der Waals surface area contributed by atoms with Crippen LogP contribution in [0.25, 0.3) is 0 Å². The van der Waals surface area contributed by atoms with Crippen LogP contribution in [0.3, 0.4) is 0 Å². The van der Waals surface area contributed by atoms with Crippen LogP contribution in [0.4, 0.5) is 11.9 Å². The Labute approximate surface area is 97.4 Å². The Morgan fingerprint density at radius 2 is 2.29 bits per heavy atom. The lowest BCUT2D eigenvalue weighted by molar-refractivity contribution is -0.120. The van der Waals surface area contributed by atoms with Gasteiger partial charge in [0.15, 0.2) is 0 Å². The highest BCUT2D eigenvalue weighted by atomic mass is 16.5. The van der Waals surface area contributed by atoms with Crippen LogP contribution in [0.1, 0.15) is 0 Å². The summed E-state index contributed by atoms with van der Waals surface area (Å²) in [5, 5.41) is 2.72. The summed E-state index contributed by atoms with van der Waals surface area (Å²) in [6, 6.07) is 0.147. The average Bonchev–Trinajstić information content (AvgIpc) is 2.38. The molecule has 1 aliphatic heterocycles. The molecule has 0 radical (unpaired) electrons. The van der Waals surface area contributed by atoms with Gasteiger partial charge in [-0.15, -0.1) is 0 Å². The quantitative estimate of drug-likeness (QED) is 0.413. The number of rotatable bonds is 3. The first kappa shape index (κ1) is 11.3. The predicted molar refractivity (Wildman–Crippen MR) is 59.4 cm³/mol. The number of hydrogen-bond acceptors (Lipinski definition) is 8. The van der Waals surface area contributed by atoms with Crippen molar-refractivity contribution < 1.29 is 9.53 Å². The van der Waals surface area contributed by atoms with Gasteiger partial charge in [-0.05, 0) is 0 Å². The highest BCUT2D eigenvalue weighted by Crippen LogP contribution is 2.14. The molecular weight excluding hydrogens is 226 g/mol. The Hall–Kier alpha value is -2.16. The molecule has 4 N–H and O–H groups in total. The minimum atomic E-state index is -0.0714. The third kappa shape index (κ3) is 2.50. The van der Waals surface area contributed by atoms with Crippen LogP contribution < -0.4 is 26.2 Å². The third-order valence-corrected chi connectivity index (χ3v) is 2.24. The van der Waals surface area contributed by atoms with Crippen molar-refractivity contribution in [3.63, 3.8) is 0 Å². The number of nitrogens with zero attached hydrogens (tertiary/aromatic N) is 4. The van der Waals surface area contributed by atoms with Crippen molar-refractivity contribution in [3.8, 4) is 6.01 Å². The number of aromatic nitrogens is 3. The van der Waals surface area contributed by atoms with Crippen molar-refractivity contribution in [2.45, 2.75) is 0 Å². The molecule has 1 amide bonds. The van der Waals surface area contributed by atoms with Gasteiger partial charge in [-0.1, -0.05) is 0 Å². The van der Waals surface area contributed by atoms with E-state index in [-0.39, 0.29) is 24.4 Å². The zero-order chi connectivity index (χ0) is 12.3. The fraction of sp³-hybridized carbons (Fsp3) is 0.500. The van der Waals surface area contributed by atoms with Crippen LogP contribution >= 0.6 is 0 Å². The van der Waals surface area contributed by atoms with Gasteiger partial charge in [0.25, 0.3) is 0 Å². The van der Waals surface area contributed by atoms with Crippen LogP contribution in [0.15, 0.2) is 0 Å². The lowest BCUT2D eigenvalue weighted by Crippen LogP contribution is -2.48. The smallest absolute Gasteiger partial charge is 0.322 e. The van der Waals surface area contributed by atoms with Gasteiger partial charge >= 0.3 is 6.01 Å². The Kier molecular flexibility index (Phi) is 3.19. The van der Waals surface area contributed by atoms with E-state index in [9.17, 15) is 4.79 Å². The normalized spacial score (nSPS) is 15.4. The number of piperazine rings is 1. The summed E-state index contributed by atoms with van der Waals surface area (Å²) in [4.78, 5) is 25.0. The zero-order valence-electron chi connectivity index (χ0n) is 9.30. The minimum Gasteiger partial charge on any atom is -0.467 e. The Balaban J connectivity index is 2.26. The maximum Gasteiger partial charge on any atom is 0.322 e. The van der Waals surface area contributed by atoms with Gasteiger partial charge < -0.3 is 15.0 Å². The van der Waals surface area contributed by atoms with Crippen LogP contribution in [0.5, 0.6) is 6.01 Å². The van der Waals surface area contributed by atoms with Crippen molar-refractivity contribution in [1.29, 1.82) is 0 Å². The summed E-state index contributed by atoms with van der Waals surface area (Å²) >= 11 is 0. The summed E-state index contributed by atoms with van der Waals surface area (Å²) in [6.07, 6.45) is 0. The van der Waals surface area contributed by atoms with Crippen molar-refractivity contribution in [3.05, 3.63) is 0 Å². The number of nitrogen functional groups attached to an aromatic ring is 1. The van der Waals surface area contributed by atoms with E-state index in [1.807, 2.05) is 0 Å². The van der Waals surface area contributed by atoms with Crippen LogP contribution in [-0.2, 0) is 4.79 Å². The SMILES string of the molecule is COc1nc(NN)nc(N2CCNC(=O)C2)n1.